The SMILES string of the molecule is Cc1[nH]c(S(=O)(=O)[C@H](C)c2ccccc2)nc1Cc1ccccc1. The third kappa shape index (κ3) is 3.26. The second-order valence-corrected chi connectivity index (χ2v) is 8.06. The molecule has 0 spiro atoms. The first-order chi connectivity index (χ1) is 11.5. The number of aryl methyl sites for hydroxylation is 1. The Bertz CT molecular complexity index is 917. The first kappa shape index (κ1) is 16.5. The van der Waals surface area contributed by atoms with Gasteiger partial charge in [0.1, 0.15) is 0 Å². The average Bonchev–Trinajstić information content (AvgIpc) is 2.97. The number of imidazole rings is 1. The van der Waals surface area contributed by atoms with Crippen LogP contribution < -0.4 is 0 Å². The maximum Gasteiger partial charge on any atom is 0.226 e. The van der Waals surface area contributed by atoms with Crippen LogP contribution in [0.2, 0.25) is 0 Å². The molecule has 0 amide bonds. The van der Waals surface area contributed by atoms with E-state index in [-0.39, 0.29) is 5.16 Å². The number of hydrogen-bond acceptors (Lipinski definition) is 3. The van der Waals surface area contributed by atoms with Crippen LogP contribution >= 0.6 is 0 Å². The number of nitrogens with zero attached hydrogens (tertiary/aromatic N) is 1. The third-order valence-corrected chi connectivity index (χ3v) is 6.12. The van der Waals surface area contributed by atoms with Gasteiger partial charge in [-0.05, 0) is 25.0 Å². The minimum absolute atomic E-state index is 0.0438. The summed E-state index contributed by atoms with van der Waals surface area (Å²) >= 11 is 0. The van der Waals surface area contributed by atoms with Crippen LogP contribution in [0.5, 0.6) is 0 Å². The largest absolute Gasteiger partial charge is 0.333 e. The van der Waals surface area contributed by atoms with Gasteiger partial charge in [-0.3, -0.25) is 0 Å². The first-order valence-electron chi connectivity index (χ1n) is 7.86. The molecule has 24 heavy (non-hydrogen) atoms. The van der Waals surface area contributed by atoms with Crippen LogP contribution in [0.15, 0.2) is 65.8 Å². The summed E-state index contributed by atoms with van der Waals surface area (Å²) in [6.07, 6.45) is 0.610. The number of hydrogen-bond donors (Lipinski definition) is 1. The fourth-order valence-corrected chi connectivity index (χ4v) is 4.02. The number of benzene rings is 2. The van der Waals surface area contributed by atoms with E-state index in [9.17, 15) is 8.42 Å². The third-order valence-electron chi connectivity index (χ3n) is 4.18. The Morgan fingerprint density at radius 1 is 1.00 bits per heavy atom. The molecule has 0 fully saturated rings. The molecule has 3 rings (SSSR count). The minimum Gasteiger partial charge on any atom is -0.333 e. The van der Waals surface area contributed by atoms with E-state index >= 15 is 0 Å². The maximum absolute atomic E-state index is 12.9. The number of aromatic amines is 1. The molecule has 0 unspecified atom stereocenters. The van der Waals surface area contributed by atoms with Crippen molar-refractivity contribution >= 4 is 9.84 Å². The second-order valence-electron chi connectivity index (χ2n) is 5.87. The highest BCUT2D eigenvalue weighted by molar-refractivity contribution is 7.91. The predicted molar refractivity (Wildman–Crippen MR) is 94.6 cm³/mol. The fourth-order valence-electron chi connectivity index (χ4n) is 2.63. The molecule has 0 aliphatic rings. The van der Waals surface area contributed by atoms with E-state index < -0.39 is 15.1 Å². The maximum atomic E-state index is 12.9. The molecular formula is C19H20N2O2S. The van der Waals surface area contributed by atoms with Gasteiger partial charge in [-0.25, -0.2) is 13.4 Å². The molecule has 1 aromatic heterocycles. The van der Waals surface area contributed by atoms with Crippen molar-refractivity contribution in [3.05, 3.63) is 83.2 Å². The van der Waals surface area contributed by atoms with Crippen LogP contribution in [-0.4, -0.2) is 18.4 Å². The van der Waals surface area contributed by atoms with Crippen LogP contribution in [-0.2, 0) is 16.3 Å². The molecule has 0 radical (unpaired) electrons. The Labute approximate surface area is 142 Å². The highest BCUT2D eigenvalue weighted by Gasteiger charge is 2.28. The van der Waals surface area contributed by atoms with Gasteiger partial charge in [0, 0.05) is 12.1 Å². The quantitative estimate of drug-likeness (QED) is 0.767. The van der Waals surface area contributed by atoms with Crippen molar-refractivity contribution < 1.29 is 8.42 Å². The number of sulfone groups is 1. The molecule has 1 atom stereocenters. The van der Waals surface area contributed by atoms with E-state index in [1.54, 1.807) is 6.92 Å². The van der Waals surface area contributed by atoms with Crippen molar-refractivity contribution in [1.29, 1.82) is 0 Å². The van der Waals surface area contributed by atoms with E-state index in [2.05, 4.69) is 9.97 Å². The van der Waals surface area contributed by atoms with Crippen LogP contribution in [0.1, 0.15) is 34.7 Å². The lowest BCUT2D eigenvalue weighted by Crippen LogP contribution is -2.12. The van der Waals surface area contributed by atoms with Gasteiger partial charge in [-0.2, -0.15) is 0 Å². The van der Waals surface area contributed by atoms with Crippen molar-refractivity contribution in [2.45, 2.75) is 30.7 Å². The molecule has 0 bridgehead atoms. The molecule has 1 heterocycles. The van der Waals surface area contributed by atoms with Crippen LogP contribution in [0.3, 0.4) is 0 Å². The molecule has 5 heteroatoms. The molecule has 2 aromatic carbocycles. The number of H-pyrrole nitrogens is 1. The Morgan fingerprint density at radius 2 is 1.58 bits per heavy atom. The molecule has 124 valence electrons. The summed E-state index contributed by atoms with van der Waals surface area (Å²) in [6, 6.07) is 19.1. The standard InChI is InChI=1S/C19H20N2O2S/c1-14-18(13-16-9-5-3-6-10-16)21-19(20-14)24(22,23)15(2)17-11-7-4-8-12-17/h3-12,15H,13H2,1-2H3,(H,20,21)/t15-/m1/s1. The van der Waals surface area contributed by atoms with Gasteiger partial charge in [0.2, 0.25) is 15.0 Å². The molecule has 0 saturated heterocycles. The summed E-state index contributed by atoms with van der Waals surface area (Å²) in [5.74, 6) is 0. The van der Waals surface area contributed by atoms with Crippen LogP contribution in [0.4, 0.5) is 0 Å². The Kier molecular flexibility index (Phi) is 4.53. The molecular weight excluding hydrogens is 320 g/mol. The zero-order chi connectivity index (χ0) is 17.2. The number of nitrogens with one attached hydrogen (secondary N) is 1. The molecule has 0 aliphatic heterocycles. The summed E-state index contributed by atoms with van der Waals surface area (Å²) in [7, 11) is -3.55. The van der Waals surface area contributed by atoms with Gasteiger partial charge in [0.25, 0.3) is 0 Å². The van der Waals surface area contributed by atoms with Gasteiger partial charge in [0.15, 0.2) is 0 Å². The summed E-state index contributed by atoms with van der Waals surface area (Å²) < 4.78 is 25.7. The first-order valence-corrected chi connectivity index (χ1v) is 9.41. The lowest BCUT2D eigenvalue weighted by atomic mass is 10.1. The fraction of sp³-hybridized carbons (Fsp3) is 0.211. The zero-order valence-corrected chi connectivity index (χ0v) is 14.5. The van der Waals surface area contributed by atoms with Gasteiger partial charge >= 0.3 is 0 Å². The van der Waals surface area contributed by atoms with E-state index in [1.807, 2.05) is 67.6 Å². The topological polar surface area (TPSA) is 62.8 Å². The predicted octanol–water partition coefficient (Wildman–Crippen LogP) is 3.84. The normalized spacial score (nSPS) is 12.9. The highest BCUT2D eigenvalue weighted by atomic mass is 32.2. The van der Waals surface area contributed by atoms with Crippen LogP contribution in [0.25, 0.3) is 0 Å². The Balaban J connectivity index is 1.91. The van der Waals surface area contributed by atoms with Crippen LogP contribution in [0, 0.1) is 6.92 Å². The van der Waals surface area contributed by atoms with Gasteiger partial charge < -0.3 is 4.98 Å². The van der Waals surface area contributed by atoms with Gasteiger partial charge in [-0.1, -0.05) is 60.7 Å². The lowest BCUT2D eigenvalue weighted by molar-refractivity contribution is 0.578. The van der Waals surface area contributed by atoms with Gasteiger partial charge in [0.05, 0.1) is 10.9 Å². The van der Waals surface area contributed by atoms with Gasteiger partial charge in [-0.15, -0.1) is 0 Å². The van der Waals surface area contributed by atoms with E-state index in [0.29, 0.717) is 6.42 Å². The monoisotopic (exact) mass is 340 g/mol. The molecule has 3 aromatic rings. The summed E-state index contributed by atoms with van der Waals surface area (Å²) in [5, 5.41) is -0.601. The van der Waals surface area contributed by atoms with Crippen molar-refractivity contribution in [3.63, 3.8) is 0 Å². The van der Waals surface area contributed by atoms with E-state index in [4.69, 9.17) is 0 Å². The summed E-state index contributed by atoms with van der Waals surface area (Å²) in [6.45, 7) is 3.55. The van der Waals surface area contributed by atoms with E-state index in [0.717, 1.165) is 22.5 Å². The second kappa shape index (κ2) is 6.61. The molecule has 0 saturated carbocycles. The zero-order valence-electron chi connectivity index (χ0n) is 13.7. The number of rotatable bonds is 5. The minimum atomic E-state index is -3.55. The van der Waals surface area contributed by atoms with Crippen molar-refractivity contribution in [2.24, 2.45) is 0 Å². The molecule has 4 nitrogen and oxygen atoms in total. The average molecular weight is 340 g/mol. The Hall–Kier alpha value is -2.40. The highest BCUT2D eigenvalue weighted by Crippen LogP contribution is 2.27. The van der Waals surface area contributed by atoms with E-state index in [1.165, 1.54) is 0 Å². The van der Waals surface area contributed by atoms with Crippen molar-refractivity contribution in [1.82, 2.24) is 9.97 Å². The summed E-state index contributed by atoms with van der Waals surface area (Å²) in [4.78, 5) is 7.34. The number of aromatic nitrogens is 2. The Morgan fingerprint density at radius 3 is 2.21 bits per heavy atom. The van der Waals surface area contributed by atoms with Crippen molar-refractivity contribution in [3.8, 4) is 0 Å². The lowest BCUT2D eigenvalue weighted by Gasteiger charge is -2.11. The molecule has 0 aliphatic carbocycles. The summed E-state index contributed by atoms with van der Waals surface area (Å²) in [5.41, 5.74) is 3.42. The molecule has 1 N–H and O–H groups in total. The van der Waals surface area contributed by atoms with Crippen molar-refractivity contribution in [2.75, 3.05) is 0 Å². The smallest absolute Gasteiger partial charge is 0.226 e.